The maximum absolute atomic E-state index is 4.61. The Kier molecular flexibility index (Phi) is 3.40. The molecule has 1 saturated heterocycles. The zero-order valence-corrected chi connectivity index (χ0v) is 12.1. The summed E-state index contributed by atoms with van der Waals surface area (Å²) in [6.45, 7) is 8.23. The number of pyridine rings is 1. The highest BCUT2D eigenvalue weighted by molar-refractivity contribution is 5.55. The zero-order valence-electron chi connectivity index (χ0n) is 12.1. The van der Waals surface area contributed by atoms with Crippen LogP contribution in [0.15, 0.2) is 18.5 Å². The topological polar surface area (TPSA) is 69.7 Å². The number of nitrogens with one attached hydrogen (secondary N) is 2. The van der Waals surface area contributed by atoms with Crippen LogP contribution in [-0.4, -0.2) is 45.3 Å². The maximum atomic E-state index is 4.61. The number of anilines is 1. The van der Waals surface area contributed by atoms with Crippen LogP contribution in [0.2, 0.25) is 0 Å². The van der Waals surface area contributed by atoms with Crippen molar-refractivity contribution >= 4 is 5.95 Å². The Bertz CT molecular complexity index is 583. The predicted octanol–water partition coefficient (Wildman–Crippen LogP) is 1.36. The molecule has 3 rings (SSSR count). The number of aryl methyl sites for hydroxylation is 1. The minimum absolute atomic E-state index is 0.446. The van der Waals surface area contributed by atoms with Crippen molar-refractivity contribution in [2.45, 2.75) is 32.9 Å². The lowest BCUT2D eigenvalue weighted by molar-refractivity contribution is 0.403. The number of aromatic amines is 1. The maximum Gasteiger partial charge on any atom is 0.245 e. The molecule has 3 heterocycles. The van der Waals surface area contributed by atoms with Crippen LogP contribution in [0.25, 0.3) is 11.4 Å². The average Bonchev–Trinajstić information content (AvgIpc) is 2.87. The number of hydrogen-bond donors (Lipinski definition) is 2. The first-order valence-corrected chi connectivity index (χ1v) is 6.97. The van der Waals surface area contributed by atoms with E-state index in [0.29, 0.717) is 12.1 Å². The molecule has 6 heteroatoms. The van der Waals surface area contributed by atoms with E-state index in [9.17, 15) is 0 Å². The molecule has 0 spiro atoms. The molecule has 20 heavy (non-hydrogen) atoms. The summed E-state index contributed by atoms with van der Waals surface area (Å²) >= 11 is 0. The Morgan fingerprint density at radius 2 is 1.95 bits per heavy atom. The summed E-state index contributed by atoms with van der Waals surface area (Å²) in [5.74, 6) is 1.54. The summed E-state index contributed by atoms with van der Waals surface area (Å²) in [6.07, 6.45) is 3.64. The lowest BCUT2D eigenvalue weighted by Crippen LogP contribution is -2.54. The molecule has 2 N–H and O–H groups in total. The first-order chi connectivity index (χ1) is 9.61. The fourth-order valence-electron chi connectivity index (χ4n) is 2.70. The number of piperazine rings is 1. The first-order valence-electron chi connectivity index (χ1n) is 6.97. The second-order valence-electron chi connectivity index (χ2n) is 5.61. The third kappa shape index (κ3) is 2.65. The summed E-state index contributed by atoms with van der Waals surface area (Å²) in [4.78, 5) is 11.0. The molecule has 0 aliphatic carbocycles. The van der Waals surface area contributed by atoms with Crippen molar-refractivity contribution in [3.05, 3.63) is 24.0 Å². The van der Waals surface area contributed by atoms with Crippen molar-refractivity contribution < 1.29 is 0 Å². The van der Waals surface area contributed by atoms with Gasteiger partial charge in [-0.2, -0.15) is 4.98 Å². The minimum Gasteiger partial charge on any atom is -0.336 e. The molecule has 2 atom stereocenters. The fraction of sp³-hybridized carbons (Fsp3) is 0.500. The van der Waals surface area contributed by atoms with Gasteiger partial charge in [-0.25, -0.2) is 0 Å². The van der Waals surface area contributed by atoms with Gasteiger partial charge in [-0.1, -0.05) is 0 Å². The normalized spacial score (nSPS) is 23.1. The van der Waals surface area contributed by atoms with Crippen molar-refractivity contribution in [2.24, 2.45) is 0 Å². The van der Waals surface area contributed by atoms with Crippen molar-refractivity contribution in [2.75, 3.05) is 18.0 Å². The molecule has 0 bridgehead atoms. The molecule has 0 saturated carbocycles. The van der Waals surface area contributed by atoms with E-state index in [-0.39, 0.29) is 0 Å². The fourth-order valence-corrected chi connectivity index (χ4v) is 2.70. The van der Waals surface area contributed by atoms with Gasteiger partial charge in [-0.15, -0.1) is 5.10 Å². The van der Waals surface area contributed by atoms with Crippen LogP contribution >= 0.6 is 0 Å². The van der Waals surface area contributed by atoms with Gasteiger partial charge in [0.1, 0.15) is 0 Å². The molecule has 2 aromatic heterocycles. The van der Waals surface area contributed by atoms with E-state index in [4.69, 9.17) is 0 Å². The Morgan fingerprint density at radius 1 is 1.20 bits per heavy atom. The van der Waals surface area contributed by atoms with Gasteiger partial charge in [-0.3, -0.25) is 10.1 Å². The summed E-state index contributed by atoms with van der Waals surface area (Å²) in [5, 5.41) is 10.9. The van der Waals surface area contributed by atoms with Crippen molar-refractivity contribution in [3.8, 4) is 11.4 Å². The van der Waals surface area contributed by atoms with E-state index >= 15 is 0 Å². The predicted molar refractivity (Wildman–Crippen MR) is 78.6 cm³/mol. The highest BCUT2D eigenvalue weighted by atomic mass is 15.4. The summed E-state index contributed by atoms with van der Waals surface area (Å²) < 4.78 is 0. The largest absolute Gasteiger partial charge is 0.336 e. The number of H-pyrrole nitrogens is 1. The van der Waals surface area contributed by atoms with Gasteiger partial charge in [0.15, 0.2) is 5.82 Å². The molecular formula is C14H20N6. The molecular weight excluding hydrogens is 252 g/mol. The van der Waals surface area contributed by atoms with E-state index in [1.807, 2.05) is 13.1 Å². The van der Waals surface area contributed by atoms with Crippen LogP contribution in [0.4, 0.5) is 5.95 Å². The molecule has 0 amide bonds. The van der Waals surface area contributed by atoms with E-state index < -0.39 is 0 Å². The molecule has 2 unspecified atom stereocenters. The molecule has 1 aliphatic heterocycles. The van der Waals surface area contributed by atoms with E-state index in [1.165, 1.54) is 0 Å². The van der Waals surface area contributed by atoms with Gasteiger partial charge < -0.3 is 10.2 Å². The Balaban J connectivity index is 1.83. The molecule has 0 radical (unpaired) electrons. The van der Waals surface area contributed by atoms with Crippen molar-refractivity contribution in [1.29, 1.82) is 0 Å². The number of rotatable bonds is 2. The molecule has 1 fully saturated rings. The van der Waals surface area contributed by atoms with Gasteiger partial charge in [0.25, 0.3) is 0 Å². The van der Waals surface area contributed by atoms with Gasteiger partial charge in [-0.05, 0) is 32.4 Å². The van der Waals surface area contributed by atoms with Crippen molar-refractivity contribution in [1.82, 2.24) is 25.5 Å². The van der Waals surface area contributed by atoms with Crippen LogP contribution in [0.5, 0.6) is 0 Å². The zero-order chi connectivity index (χ0) is 14.1. The van der Waals surface area contributed by atoms with Gasteiger partial charge in [0.2, 0.25) is 5.95 Å². The van der Waals surface area contributed by atoms with Crippen LogP contribution in [0.1, 0.15) is 19.4 Å². The Hall–Kier alpha value is -1.95. The second-order valence-corrected chi connectivity index (χ2v) is 5.61. The van der Waals surface area contributed by atoms with Gasteiger partial charge in [0, 0.05) is 43.1 Å². The smallest absolute Gasteiger partial charge is 0.245 e. The third-order valence-electron chi connectivity index (χ3n) is 3.46. The average molecular weight is 272 g/mol. The summed E-state index contributed by atoms with van der Waals surface area (Å²) in [7, 11) is 0. The van der Waals surface area contributed by atoms with Gasteiger partial charge >= 0.3 is 0 Å². The summed E-state index contributed by atoms with van der Waals surface area (Å²) in [6, 6.07) is 2.95. The third-order valence-corrected chi connectivity index (χ3v) is 3.46. The Morgan fingerprint density at radius 3 is 2.65 bits per heavy atom. The van der Waals surface area contributed by atoms with Crippen molar-refractivity contribution in [3.63, 3.8) is 0 Å². The first kappa shape index (κ1) is 13.1. The molecule has 2 aromatic rings. The number of hydrogen-bond acceptors (Lipinski definition) is 5. The van der Waals surface area contributed by atoms with Crippen LogP contribution in [-0.2, 0) is 0 Å². The lowest BCUT2D eigenvalue weighted by atomic mass is 10.1. The Labute approximate surface area is 118 Å². The standard InChI is InChI=1S/C14H20N6/c1-9-4-12(6-15-5-9)13-17-14(19-18-13)20-7-10(2)16-11(3)8-20/h4-6,10-11,16H,7-8H2,1-3H3,(H,17,18,19). The highest BCUT2D eigenvalue weighted by Crippen LogP contribution is 2.19. The number of nitrogens with zero attached hydrogens (tertiary/aromatic N) is 4. The number of aromatic nitrogens is 4. The quantitative estimate of drug-likeness (QED) is 0.864. The molecule has 0 aromatic carbocycles. The highest BCUT2D eigenvalue weighted by Gasteiger charge is 2.23. The molecule has 6 nitrogen and oxygen atoms in total. The minimum atomic E-state index is 0.446. The molecule has 1 aliphatic rings. The molecule has 106 valence electrons. The van der Waals surface area contributed by atoms with E-state index in [0.717, 1.165) is 36.0 Å². The SMILES string of the molecule is Cc1cncc(-c2nc(N3CC(C)NC(C)C3)n[nH]2)c1. The second kappa shape index (κ2) is 5.20. The van der Waals surface area contributed by atoms with Crippen LogP contribution in [0, 0.1) is 6.92 Å². The van der Waals surface area contributed by atoms with Crippen LogP contribution < -0.4 is 10.2 Å². The monoisotopic (exact) mass is 272 g/mol. The van der Waals surface area contributed by atoms with E-state index in [1.54, 1.807) is 6.20 Å². The summed E-state index contributed by atoms with van der Waals surface area (Å²) in [5.41, 5.74) is 2.09. The lowest BCUT2D eigenvalue weighted by Gasteiger charge is -2.35. The van der Waals surface area contributed by atoms with Crippen LogP contribution in [0.3, 0.4) is 0 Å². The van der Waals surface area contributed by atoms with Gasteiger partial charge in [0.05, 0.1) is 0 Å². The van der Waals surface area contributed by atoms with E-state index in [2.05, 4.69) is 50.3 Å².